The number of alkyl halides is 3. The van der Waals surface area contributed by atoms with Crippen molar-refractivity contribution in [2.75, 3.05) is 31.2 Å². The summed E-state index contributed by atoms with van der Waals surface area (Å²) < 4.78 is 49.0. The molecular weight excluding hydrogens is 423 g/mol. The molecule has 172 valence electrons. The number of hydrogen-bond donors (Lipinski definition) is 1. The number of anilines is 1. The predicted octanol–water partition coefficient (Wildman–Crippen LogP) is 4.06. The average molecular weight is 449 g/mol. The van der Waals surface area contributed by atoms with Crippen LogP contribution in [0.4, 0.5) is 18.9 Å². The molecule has 0 spiro atoms. The monoisotopic (exact) mass is 449 g/mol. The fourth-order valence-electron chi connectivity index (χ4n) is 4.03. The van der Waals surface area contributed by atoms with Crippen LogP contribution in [0.25, 0.3) is 0 Å². The number of rotatable bonds is 5. The average Bonchev–Trinajstić information content (AvgIpc) is 2.81. The third-order valence-electron chi connectivity index (χ3n) is 5.87. The summed E-state index contributed by atoms with van der Waals surface area (Å²) >= 11 is 0. The Morgan fingerprint density at radius 1 is 1.03 bits per heavy atom. The van der Waals surface area contributed by atoms with Gasteiger partial charge in [-0.2, -0.15) is 13.2 Å². The highest BCUT2D eigenvalue weighted by molar-refractivity contribution is 5.94. The zero-order chi connectivity index (χ0) is 22.6. The van der Waals surface area contributed by atoms with Gasteiger partial charge in [-0.3, -0.25) is 4.79 Å². The third-order valence-corrected chi connectivity index (χ3v) is 5.87. The molecule has 0 bridgehead atoms. The molecule has 1 aromatic carbocycles. The quantitative estimate of drug-likeness (QED) is 0.746. The lowest BCUT2D eigenvalue weighted by Gasteiger charge is -2.30. The number of aromatic nitrogens is 1. The van der Waals surface area contributed by atoms with E-state index in [1.54, 1.807) is 0 Å². The van der Waals surface area contributed by atoms with Gasteiger partial charge in [-0.25, -0.2) is 4.98 Å². The van der Waals surface area contributed by atoms with E-state index in [2.05, 4.69) is 15.2 Å². The van der Waals surface area contributed by atoms with Gasteiger partial charge in [0.2, 0.25) is 5.88 Å². The van der Waals surface area contributed by atoms with Gasteiger partial charge in [-0.05, 0) is 56.0 Å². The molecule has 1 N–H and O–H groups in total. The summed E-state index contributed by atoms with van der Waals surface area (Å²) in [4.78, 5) is 18.6. The first kappa shape index (κ1) is 22.4. The molecule has 9 heteroatoms. The minimum absolute atomic E-state index is 0.0434. The van der Waals surface area contributed by atoms with Crippen LogP contribution in [0.15, 0.2) is 42.6 Å². The third kappa shape index (κ3) is 5.70. The summed E-state index contributed by atoms with van der Waals surface area (Å²) in [7, 11) is 0. The molecule has 1 aliphatic heterocycles. The van der Waals surface area contributed by atoms with Crippen molar-refractivity contribution in [3.05, 3.63) is 53.7 Å². The molecule has 0 atom stereocenters. The second-order valence-corrected chi connectivity index (χ2v) is 8.09. The first-order chi connectivity index (χ1) is 15.4. The highest BCUT2D eigenvalue weighted by atomic mass is 19.4. The number of nitrogens with one attached hydrogen (secondary N) is 1. The Labute approximate surface area is 184 Å². The highest BCUT2D eigenvalue weighted by Crippen LogP contribution is 2.30. The summed E-state index contributed by atoms with van der Waals surface area (Å²) in [5, 5.41) is 3.07. The van der Waals surface area contributed by atoms with E-state index < -0.39 is 11.7 Å². The first-order valence-electron chi connectivity index (χ1n) is 10.8. The normalized spacial score (nSPS) is 21.8. The Hall–Kier alpha value is -2.81. The topological polar surface area (TPSA) is 63.7 Å². The van der Waals surface area contributed by atoms with Crippen LogP contribution < -0.4 is 15.0 Å². The van der Waals surface area contributed by atoms with Crippen molar-refractivity contribution >= 4 is 11.6 Å². The summed E-state index contributed by atoms with van der Waals surface area (Å²) in [6.45, 7) is 3.12. The fourth-order valence-corrected chi connectivity index (χ4v) is 4.03. The summed E-state index contributed by atoms with van der Waals surface area (Å²) in [6, 6.07) is 9.86. The summed E-state index contributed by atoms with van der Waals surface area (Å²) in [5.41, 5.74) is 0.906. The molecule has 1 saturated carbocycles. The van der Waals surface area contributed by atoms with Crippen LogP contribution in [0.3, 0.4) is 0 Å². The number of nitrogens with zero attached hydrogens (tertiary/aromatic N) is 2. The zero-order valence-electron chi connectivity index (χ0n) is 17.6. The molecular formula is C23H26F3N3O3. The van der Waals surface area contributed by atoms with E-state index >= 15 is 0 Å². The van der Waals surface area contributed by atoms with Crippen LogP contribution >= 0.6 is 0 Å². The predicted molar refractivity (Wildman–Crippen MR) is 113 cm³/mol. The Balaban J connectivity index is 1.23. The number of carbonyl (C=O) groups is 1. The van der Waals surface area contributed by atoms with Gasteiger partial charge in [0.05, 0.1) is 18.8 Å². The Kier molecular flexibility index (Phi) is 6.83. The van der Waals surface area contributed by atoms with Crippen LogP contribution in [-0.2, 0) is 10.9 Å². The molecule has 1 saturated heterocycles. The number of ether oxygens (including phenoxy) is 2. The number of pyridine rings is 1. The van der Waals surface area contributed by atoms with Gasteiger partial charge < -0.3 is 19.7 Å². The van der Waals surface area contributed by atoms with E-state index in [0.717, 1.165) is 43.9 Å². The maximum absolute atomic E-state index is 12.6. The molecule has 0 radical (unpaired) electrons. The lowest BCUT2D eigenvalue weighted by molar-refractivity contribution is -0.137. The van der Waals surface area contributed by atoms with Crippen molar-refractivity contribution in [2.24, 2.45) is 0 Å². The molecule has 4 rings (SSSR count). The van der Waals surface area contributed by atoms with E-state index in [1.807, 2.05) is 24.3 Å². The molecule has 2 heterocycles. The molecule has 2 fully saturated rings. The molecule has 6 nitrogen and oxygen atoms in total. The van der Waals surface area contributed by atoms with Gasteiger partial charge in [0, 0.05) is 42.6 Å². The highest BCUT2D eigenvalue weighted by Gasteiger charge is 2.31. The first-order valence-corrected chi connectivity index (χ1v) is 10.8. The van der Waals surface area contributed by atoms with Gasteiger partial charge >= 0.3 is 6.18 Å². The van der Waals surface area contributed by atoms with Crippen molar-refractivity contribution in [1.82, 2.24) is 10.3 Å². The van der Waals surface area contributed by atoms with Crippen molar-refractivity contribution in [1.29, 1.82) is 0 Å². The molecule has 1 aliphatic carbocycles. The van der Waals surface area contributed by atoms with Gasteiger partial charge in [-0.15, -0.1) is 0 Å². The van der Waals surface area contributed by atoms with E-state index in [0.29, 0.717) is 31.6 Å². The second kappa shape index (κ2) is 9.77. The van der Waals surface area contributed by atoms with Gasteiger partial charge in [0.1, 0.15) is 6.10 Å². The number of halogens is 3. The zero-order valence-corrected chi connectivity index (χ0v) is 17.6. The number of amides is 1. The lowest BCUT2D eigenvalue weighted by atomic mass is 9.92. The number of benzene rings is 1. The Morgan fingerprint density at radius 3 is 2.31 bits per heavy atom. The Morgan fingerprint density at radius 2 is 1.72 bits per heavy atom. The Bertz CT molecular complexity index is 889. The van der Waals surface area contributed by atoms with Crippen LogP contribution in [0.1, 0.15) is 41.6 Å². The number of morpholine rings is 1. The fraction of sp³-hybridized carbons (Fsp3) is 0.478. The van der Waals surface area contributed by atoms with E-state index in [-0.39, 0.29) is 23.9 Å². The van der Waals surface area contributed by atoms with Crippen LogP contribution in [0.5, 0.6) is 5.88 Å². The van der Waals surface area contributed by atoms with E-state index in [4.69, 9.17) is 9.47 Å². The van der Waals surface area contributed by atoms with Crippen molar-refractivity contribution < 1.29 is 27.4 Å². The van der Waals surface area contributed by atoms with Crippen molar-refractivity contribution in [3.8, 4) is 5.88 Å². The maximum atomic E-state index is 12.6. The lowest BCUT2D eigenvalue weighted by Crippen LogP contribution is -2.39. The minimum Gasteiger partial charge on any atom is -0.474 e. The van der Waals surface area contributed by atoms with Gasteiger partial charge in [0.15, 0.2) is 0 Å². The van der Waals surface area contributed by atoms with Gasteiger partial charge in [0.25, 0.3) is 5.91 Å². The van der Waals surface area contributed by atoms with Crippen LogP contribution in [0, 0.1) is 0 Å². The maximum Gasteiger partial charge on any atom is 0.417 e. The molecule has 1 amide bonds. The molecule has 32 heavy (non-hydrogen) atoms. The van der Waals surface area contributed by atoms with Crippen molar-refractivity contribution in [3.63, 3.8) is 0 Å². The number of carbonyl (C=O) groups excluding carboxylic acids is 1. The minimum atomic E-state index is -4.41. The van der Waals surface area contributed by atoms with Crippen molar-refractivity contribution in [2.45, 2.75) is 44.0 Å². The largest absolute Gasteiger partial charge is 0.474 e. The van der Waals surface area contributed by atoms with E-state index in [9.17, 15) is 18.0 Å². The van der Waals surface area contributed by atoms with Crippen LogP contribution in [-0.4, -0.2) is 49.3 Å². The second-order valence-electron chi connectivity index (χ2n) is 8.09. The smallest absolute Gasteiger partial charge is 0.417 e. The van der Waals surface area contributed by atoms with E-state index in [1.165, 1.54) is 6.07 Å². The molecule has 1 aromatic heterocycles. The van der Waals surface area contributed by atoms with Gasteiger partial charge in [-0.1, -0.05) is 0 Å². The molecule has 2 aliphatic rings. The van der Waals surface area contributed by atoms with Crippen LogP contribution in [0.2, 0.25) is 0 Å². The summed E-state index contributed by atoms with van der Waals surface area (Å²) in [6.07, 6.45) is -0.880. The molecule has 2 aromatic rings. The molecule has 0 unspecified atom stereocenters. The SMILES string of the molecule is O=C(NC1CCC(Oc2ccc(C(F)(F)F)cn2)CC1)c1ccc(N2CCOCC2)cc1. The number of hydrogen-bond acceptors (Lipinski definition) is 5. The summed E-state index contributed by atoms with van der Waals surface area (Å²) in [5.74, 6) is 0.0816. The standard InChI is InChI=1S/C23H26F3N3O3/c24-23(25,26)17-3-10-21(27-15-17)32-20-8-4-18(5-9-20)28-22(30)16-1-6-19(7-2-16)29-11-13-31-14-12-29/h1-3,6-7,10,15,18,20H,4-5,8-9,11-14H2,(H,28,30).